The van der Waals surface area contributed by atoms with E-state index in [4.69, 9.17) is 0 Å². The van der Waals surface area contributed by atoms with Gasteiger partial charge in [0.2, 0.25) is 5.91 Å². The highest BCUT2D eigenvalue weighted by atomic mass is 19.2. The Labute approximate surface area is 104 Å². The monoisotopic (exact) mass is 255 g/mol. The van der Waals surface area contributed by atoms with Crippen molar-refractivity contribution in [3.8, 4) is 0 Å². The lowest BCUT2D eigenvalue weighted by atomic mass is 10.2. The highest BCUT2D eigenvalue weighted by Gasteiger charge is 2.22. The minimum absolute atomic E-state index is 0.166. The molecule has 0 heterocycles. The summed E-state index contributed by atoms with van der Waals surface area (Å²) in [4.78, 5) is 10.7. The number of nitrogens with one attached hydrogen (secondary N) is 3. The van der Waals surface area contributed by atoms with E-state index in [2.05, 4.69) is 16.0 Å². The van der Waals surface area contributed by atoms with Crippen LogP contribution in [0.3, 0.4) is 0 Å². The fraction of sp³-hybridized carbons (Fsp3) is 0.417. The molecule has 4 nitrogen and oxygen atoms in total. The Balaban J connectivity index is 2.09. The summed E-state index contributed by atoms with van der Waals surface area (Å²) in [7, 11) is 0. The lowest BCUT2D eigenvalue weighted by Gasteiger charge is -2.14. The van der Waals surface area contributed by atoms with Crippen molar-refractivity contribution in [2.75, 3.05) is 17.3 Å². The van der Waals surface area contributed by atoms with Crippen LogP contribution in [0.1, 0.15) is 19.8 Å². The number of benzene rings is 1. The Morgan fingerprint density at radius 3 is 2.44 bits per heavy atom. The summed E-state index contributed by atoms with van der Waals surface area (Å²) in [5.41, 5.74) is 0.955. The molecule has 0 spiro atoms. The quantitative estimate of drug-likeness (QED) is 0.706. The van der Waals surface area contributed by atoms with Crippen molar-refractivity contribution in [2.24, 2.45) is 0 Å². The molecule has 1 aliphatic carbocycles. The number of carbonyl (C=O) groups is 1. The van der Waals surface area contributed by atoms with E-state index >= 15 is 0 Å². The molecule has 1 aromatic carbocycles. The Kier molecular flexibility index (Phi) is 3.64. The van der Waals surface area contributed by atoms with E-state index in [0.29, 0.717) is 17.4 Å². The molecule has 1 saturated carbocycles. The molecule has 2 rings (SSSR count). The van der Waals surface area contributed by atoms with Crippen LogP contribution in [0.4, 0.5) is 20.2 Å². The van der Waals surface area contributed by atoms with E-state index in [1.165, 1.54) is 6.92 Å². The number of halogens is 2. The number of amides is 1. The summed E-state index contributed by atoms with van der Waals surface area (Å²) < 4.78 is 26.3. The largest absolute Gasteiger partial charge is 0.381 e. The van der Waals surface area contributed by atoms with Gasteiger partial charge in [0.15, 0.2) is 11.6 Å². The van der Waals surface area contributed by atoms with Crippen LogP contribution in [0.25, 0.3) is 0 Å². The van der Waals surface area contributed by atoms with E-state index < -0.39 is 11.6 Å². The van der Waals surface area contributed by atoms with Gasteiger partial charge in [-0.3, -0.25) is 4.79 Å². The summed E-state index contributed by atoms with van der Waals surface area (Å²) >= 11 is 0. The number of hydrogen-bond acceptors (Lipinski definition) is 3. The molecular weight excluding hydrogens is 240 g/mol. The highest BCUT2D eigenvalue weighted by Crippen LogP contribution is 2.31. The molecule has 0 unspecified atom stereocenters. The van der Waals surface area contributed by atoms with Crippen molar-refractivity contribution in [1.82, 2.24) is 5.32 Å². The molecule has 1 fully saturated rings. The first-order valence-electron chi connectivity index (χ1n) is 5.80. The van der Waals surface area contributed by atoms with Crippen LogP contribution in [-0.2, 0) is 4.79 Å². The first-order chi connectivity index (χ1) is 8.56. The molecule has 1 aliphatic rings. The maximum Gasteiger partial charge on any atom is 0.218 e. The average Bonchev–Trinajstić information content (AvgIpc) is 3.08. The second kappa shape index (κ2) is 5.20. The van der Waals surface area contributed by atoms with Crippen LogP contribution in [0.15, 0.2) is 12.1 Å². The molecular formula is C12H15F2N3O. The van der Waals surface area contributed by atoms with Gasteiger partial charge in [-0.05, 0) is 12.8 Å². The molecule has 18 heavy (non-hydrogen) atoms. The zero-order valence-corrected chi connectivity index (χ0v) is 10.0. The van der Waals surface area contributed by atoms with E-state index in [1.54, 1.807) is 0 Å². The molecule has 0 aromatic heterocycles. The Morgan fingerprint density at radius 2 is 1.89 bits per heavy atom. The predicted molar refractivity (Wildman–Crippen MR) is 65.3 cm³/mol. The minimum atomic E-state index is -0.915. The van der Waals surface area contributed by atoms with Crippen LogP contribution in [0, 0.1) is 11.6 Å². The van der Waals surface area contributed by atoms with E-state index in [9.17, 15) is 13.6 Å². The SMILES string of the molecule is CC(=O)NCNc1cc(F)c(F)cc1NC1CC1. The van der Waals surface area contributed by atoms with Crippen molar-refractivity contribution in [2.45, 2.75) is 25.8 Å². The first-order valence-corrected chi connectivity index (χ1v) is 5.80. The van der Waals surface area contributed by atoms with Gasteiger partial charge >= 0.3 is 0 Å². The van der Waals surface area contributed by atoms with Crippen molar-refractivity contribution in [3.63, 3.8) is 0 Å². The van der Waals surface area contributed by atoms with E-state index in [0.717, 1.165) is 25.0 Å². The second-order valence-corrected chi connectivity index (χ2v) is 4.32. The summed E-state index contributed by atoms with van der Waals surface area (Å²) in [6.07, 6.45) is 2.06. The van der Waals surface area contributed by atoms with Gasteiger partial charge in [0.25, 0.3) is 0 Å². The van der Waals surface area contributed by atoms with Crippen molar-refractivity contribution in [3.05, 3.63) is 23.8 Å². The molecule has 0 bridgehead atoms. The van der Waals surface area contributed by atoms with E-state index in [1.807, 2.05) is 0 Å². The van der Waals surface area contributed by atoms with Gasteiger partial charge in [-0.2, -0.15) is 0 Å². The van der Waals surface area contributed by atoms with Gasteiger partial charge in [0.05, 0.1) is 18.0 Å². The summed E-state index contributed by atoms with van der Waals surface area (Å²) in [5, 5.41) is 8.48. The summed E-state index contributed by atoms with van der Waals surface area (Å²) in [6, 6.07) is 2.54. The van der Waals surface area contributed by atoms with Gasteiger partial charge in [-0.15, -0.1) is 0 Å². The zero-order valence-electron chi connectivity index (χ0n) is 10.0. The maximum absolute atomic E-state index is 13.2. The number of carbonyl (C=O) groups excluding carboxylic acids is 1. The van der Waals surface area contributed by atoms with Crippen LogP contribution in [0.5, 0.6) is 0 Å². The van der Waals surface area contributed by atoms with Crippen LogP contribution < -0.4 is 16.0 Å². The molecule has 0 radical (unpaired) electrons. The van der Waals surface area contributed by atoms with Gasteiger partial charge in [0.1, 0.15) is 0 Å². The topological polar surface area (TPSA) is 53.2 Å². The third kappa shape index (κ3) is 3.32. The third-order valence-electron chi connectivity index (χ3n) is 2.61. The molecule has 3 N–H and O–H groups in total. The fourth-order valence-electron chi connectivity index (χ4n) is 1.52. The van der Waals surface area contributed by atoms with Gasteiger partial charge in [-0.25, -0.2) is 8.78 Å². The summed E-state index contributed by atoms with van der Waals surface area (Å²) in [5.74, 6) is -1.99. The second-order valence-electron chi connectivity index (χ2n) is 4.32. The van der Waals surface area contributed by atoms with Crippen molar-refractivity contribution in [1.29, 1.82) is 0 Å². The van der Waals surface area contributed by atoms with Crippen LogP contribution in [-0.4, -0.2) is 18.6 Å². The number of hydrogen-bond donors (Lipinski definition) is 3. The fourth-order valence-corrected chi connectivity index (χ4v) is 1.52. The van der Waals surface area contributed by atoms with E-state index in [-0.39, 0.29) is 12.6 Å². The smallest absolute Gasteiger partial charge is 0.218 e. The van der Waals surface area contributed by atoms with Crippen LogP contribution in [0.2, 0.25) is 0 Å². The summed E-state index contributed by atoms with van der Waals surface area (Å²) in [6.45, 7) is 1.55. The Morgan fingerprint density at radius 1 is 1.28 bits per heavy atom. The predicted octanol–water partition coefficient (Wildman–Crippen LogP) is 2.04. The normalized spacial score (nSPS) is 14.2. The third-order valence-corrected chi connectivity index (χ3v) is 2.61. The zero-order chi connectivity index (χ0) is 13.1. The first kappa shape index (κ1) is 12.6. The minimum Gasteiger partial charge on any atom is -0.381 e. The molecule has 1 aromatic rings. The molecule has 6 heteroatoms. The molecule has 0 saturated heterocycles. The van der Waals surface area contributed by atoms with Gasteiger partial charge < -0.3 is 16.0 Å². The van der Waals surface area contributed by atoms with Crippen molar-refractivity contribution < 1.29 is 13.6 Å². The molecule has 1 amide bonds. The standard InChI is InChI=1S/C12H15F2N3O/c1-7(18)15-6-16-11-4-9(13)10(14)5-12(11)17-8-2-3-8/h4-5,8,16-17H,2-3,6H2,1H3,(H,15,18). The average molecular weight is 255 g/mol. The Bertz CT molecular complexity index is 461. The molecule has 0 atom stereocenters. The highest BCUT2D eigenvalue weighted by molar-refractivity contribution is 5.74. The Hall–Kier alpha value is -1.85. The number of rotatable bonds is 5. The maximum atomic E-state index is 13.2. The lowest BCUT2D eigenvalue weighted by molar-refractivity contribution is -0.118. The van der Waals surface area contributed by atoms with Gasteiger partial charge in [0, 0.05) is 25.1 Å². The van der Waals surface area contributed by atoms with Gasteiger partial charge in [-0.1, -0.05) is 0 Å². The number of anilines is 2. The molecule has 0 aliphatic heterocycles. The van der Waals surface area contributed by atoms with Crippen LogP contribution >= 0.6 is 0 Å². The van der Waals surface area contributed by atoms with Crippen molar-refractivity contribution >= 4 is 17.3 Å². The lowest BCUT2D eigenvalue weighted by Crippen LogP contribution is -2.26. The molecule has 98 valence electrons.